The molecule has 0 bridgehead atoms. The van der Waals surface area contributed by atoms with Crippen LogP contribution in [0.5, 0.6) is 0 Å². The molecule has 0 aliphatic rings. The Morgan fingerprint density at radius 2 is 1.53 bits per heavy atom. The molecular formula is C11H24O4. The molecule has 0 spiro atoms. The predicted octanol–water partition coefficient (Wildman–Crippen LogP) is 1.22. The van der Waals surface area contributed by atoms with E-state index in [0.717, 1.165) is 39.1 Å². The summed E-state index contributed by atoms with van der Waals surface area (Å²) in [4.78, 5) is 0. The van der Waals surface area contributed by atoms with Gasteiger partial charge in [-0.1, -0.05) is 0 Å². The van der Waals surface area contributed by atoms with Crippen molar-refractivity contribution in [1.82, 2.24) is 0 Å². The van der Waals surface area contributed by atoms with Crippen molar-refractivity contribution >= 4 is 0 Å². The first-order chi connectivity index (χ1) is 7.27. The van der Waals surface area contributed by atoms with E-state index in [0.29, 0.717) is 13.2 Å². The first kappa shape index (κ1) is 14.8. The van der Waals surface area contributed by atoms with Crippen LogP contribution in [0.3, 0.4) is 0 Å². The van der Waals surface area contributed by atoms with Gasteiger partial charge in [0.05, 0.1) is 19.3 Å². The van der Waals surface area contributed by atoms with Crippen LogP contribution in [0.1, 0.15) is 26.2 Å². The third-order valence-electron chi connectivity index (χ3n) is 1.92. The van der Waals surface area contributed by atoms with E-state index in [9.17, 15) is 0 Å². The largest absolute Gasteiger partial charge is 0.393 e. The summed E-state index contributed by atoms with van der Waals surface area (Å²) in [6.45, 7) is 5.27. The van der Waals surface area contributed by atoms with Crippen molar-refractivity contribution in [2.45, 2.75) is 32.3 Å². The smallest absolute Gasteiger partial charge is 0.0700 e. The minimum absolute atomic E-state index is 0.217. The molecule has 0 radical (unpaired) electrons. The van der Waals surface area contributed by atoms with Gasteiger partial charge in [0.2, 0.25) is 0 Å². The highest BCUT2D eigenvalue weighted by Crippen LogP contribution is 1.96. The molecule has 1 atom stereocenters. The van der Waals surface area contributed by atoms with Crippen molar-refractivity contribution in [2.75, 3.05) is 40.1 Å². The minimum Gasteiger partial charge on any atom is -0.393 e. The Balaban J connectivity index is 2.87. The lowest BCUT2D eigenvalue weighted by molar-refractivity contribution is 0.0492. The van der Waals surface area contributed by atoms with E-state index in [1.54, 1.807) is 14.0 Å². The Bertz CT molecular complexity index is 117. The summed E-state index contributed by atoms with van der Waals surface area (Å²) in [5.74, 6) is 0. The second-order valence-electron chi connectivity index (χ2n) is 3.56. The highest BCUT2D eigenvalue weighted by Gasteiger charge is 1.95. The van der Waals surface area contributed by atoms with Gasteiger partial charge in [-0.2, -0.15) is 0 Å². The van der Waals surface area contributed by atoms with Gasteiger partial charge in [-0.15, -0.1) is 0 Å². The van der Waals surface area contributed by atoms with E-state index < -0.39 is 0 Å². The molecule has 0 aromatic rings. The minimum atomic E-state index is -0.217. The van der Waals surface area contributed by atoms with E-state index in [2.05, 4.69) is 0 Å². The average Bonchev–Trinajstić information content (AvgIpc) is 2.20. The normalized spacial score (nSPS) is 13.0. The predicted molar refractivity (Wildman–Crippen MR) is 59.0 cm³/mol. The molecular weight excluding hydrogens is 196 g/mol. The second-order valence-corrected chi connectivity index (χ2v) is 3.56. The van der Waals surface area contributed by atoms with Gasteiger partial charge in [-0.3, -0.25) is 0 Å². The van der Waals surface area contributed by atoms with Crippen molar-refractivity contribution in [2.24, 2.45) is 0 Å². The van der Waals surface area contributed by atoms with Gasteiger partial charge < -0.3 is 19.3 Å². The fourth-order valence-electron chi connectivity index (χ4n) is 1.09. The lowest BCUT2D eigenvalue weighted by Crippen LogP contribution is -2.07. The summed E-state index contributed by atoms with van der Waals surface area (Å²) < 4.78 is 15.5. The number of ether oxygens (including phenoxy) is 3. The van der Waals surface area contributed by atoms with Crippen LogP contribution in [0.4, 0.5) is 0 Å². The molecule has 0 rings (SSSR count). The number of aliphatic hydroxyl groups excluding tert-OH is 1. The number of methoxy groups -OCH3 is 1. The van der Waals surface area contributed by atoms with Crippen LogP contribution >= 0.6 is 0 Å². The number of rotatable bonds is 11. The highest BCUT2D eigenvalue weighted by molar-refractivity contribution is 4.46. The van der Waals surface area contributed by atoms with E-state index >= 15 is 0 Å². The molecule has 0 aromatic heterocycles. The van der Waals surface area contributed by atoms with Crippen LogP contribution in [-0.2, 0) is 14.2 Å². The Morgan fingerprint density at radius 3 is 2.13 bits per heavy atom. The SMILES string of the molecule is COCCOCCCOCCCC(C)O. The Morgan fingerprint density at radius 1 is 0.933 bits per heavy atom. The van der Waals surface area contributed by atoms with Gasteiger partial charge in [0.25, 0.3) is 0 Å². The van der Waals surface area contributed by atoms with Crippen molar-refractivity contribution in [3.05, 3.63) is 0 Å². The average molecular weight is 220 g/mol. The summed E-state index contributed by atoms with van der Waals surface area (Å²) in [6.07, 6.45) is 2.43. The Hall–Kier alpha value is -0.160. The van der Waals surface area contributed by atoms with Crippen LogP contribution in [0.25, 0.3) is 0 Å². The fraction of sp³-hybridized carbons (Fsp3) is 1.00. The number of hydrogen-bond donors (Lipinski definition) is 1. The molecule has 0 aromatic carbocycles. The van der Waals surface area contributed by atoms with Crippen molar-refractivity contribution in [3.63, 3.8) is 0 Å². The third-order valence-corrected chi connectivity index (χ3v) is 1.92. The van der Waals surface area contributed by atoms with Gasteiger partial charge in [0.1, 0.15) is 0 Å². The zero-order chi connectivity index (χ0) is 11.4. The van der Waals surface area contributed by atoms with E-state index in [4.69, 9.17) is 19.3 Å². The van der Waals surface area contributed by atoms with Crippen molar-refractivity contribution in [1.29, 1.82) is 0 Å². The molecule has 0 aliphatic heterocycles. The Kier molecular flexibility index (Phi) is 11.8. The van der Waals surface area contributed by atoms with Gasteiger partial charge in [-0.05, 0) is 26.2 Å². The maximum absolute atomic E-state index is 8.99. The van der Waals surface area contributed by atoms with Crippen LogP contribution in [0, 0.1) is 0 Å². The number of hydrogen-bond acceptors (Lipinski definition) is 4. The lowest BCUT2D eigenvalue weighted by atomic mass is 10.2. The summed E-state index contributed by atoms with van der Waals surface area (Å²) >= 11 is 0. The lowest BCUT2D eigenvalue weighted by Gasteiger charge is -2.06. The van der Waals surface area contributed by atoms with Gasteiger partial charge >= 0.3 is 0 Å². The van der Waals surface area contributed by atoms with Crippen molar-refractivity contribution < 1.29 is 19.3 Å². The summed E-state index contributed by atoms with van der Waals surface area (Å²) in [5, 5.41) is 8.99. The standard InChI is InChI=1S/C11H24O4/c1-11(12)5-3-6-14-7-4-8-15-10-9-13-2/h11-12H,3-10H2,1-2H3. The monoisotopic (exact) mass is 220 g/mol. The van der Waals surface area contributed by atoms with E-state index in [1.807, 2.05) is 0 Å². The Labute approximate surface area is 92.5 Å². The molecule has 92 valence electrons. The van der Waals surface area contributed by atoms with Crippen LogP contribution in [0.2, 0.25) is 0 Å². The molecule has 1 unspecified atom stereocenters. The molecule has 0 amide bonds. The molecule has 4 heteroatoms. The van der Waals surface area contributed by atoms with Crippen LogP contribution in [0.15, 0.2) is 0 Å². The fourth-order valence-corrected chi connectivity index (χ4v) is 1.09. The molecule has 0 saturated carbocycles. The zero-order valence-corrected chi connectivity index (χ0v) is 9.91. The van der Waals surface area contributed by atoms with Crippen molar-refractivity contribution in [3.8, 4) is 0 Å². The molecule has 0 saturated heterocycles. The van der Waals surface area contributed by atoms with Gasteiger partial charge in [0.15, 0.2) is 0 Å². The second kappa shape index (κ2) is 11.9. The van der Waals surface area contributed by atoms with Gasteiger partial charge in [0, 0.05) is 26.9 Å². The molecule has 1 N–H and O–H groups in total. The third kappa shape index (κ3) is 13.8. The zero-order valence-electron chi connectivity index (χ0n) is 9.91. The summed E-state index contributed by atoms with van der Waals surface area (Å²) in [7, 11) is 1.66. The van der Waals surface area contributed by atoms with E-state index in [-0.39, 0.29) is 6.10 Å². The highest BCUT2D eigenvalue weighted by atomic mass is 16.5. The molecule has 0 heterocycles. The maximum Gasteiger partial charge on any atom is 0.0700 e. The first-order valence-electron chi connectivity index (χ1n) is 5.60. The molecule has 0 aliphatic carbocycles. The van der Waals surface area contributed by atoms with Crippen LogP contribution in [-0.4, -0.2) is 51.4 Å². The molecule has 0 fully saturated rings. The summed E-state index contributed by atoms with van der Waals surface area (Å²) in [6, 6.07) is 0. The molecule has 4 nitrogen and oxygen atoms in total. The maximum atomic E-state index is 8.99. The quantitative estimate of drug-likeness (QED) is 0.532. The molecule has 15 heavy (non-hydrogen) atoms. The van der Waals surface area contributed by atoms with Gasteiger partial charge in [-0.25, -0.2) is 0 Å². The first-order valence-corrected chi connectivity index (χ1v) is 5.60. The topological polar surface area (TPSA) is 47.9 Å². The number of aliphatic hydroxyl groups is 1. The van der Waals surface area contributed by atoms with Crippen LogP contribution < -0.4 is 0 Å². The van der Waals surface area contributed by atoms with E-state index in [1.165, 1.54) is 0 Å². The summed E-state index contributed by atoms with van der Waals surface area (Å²) in [5.41, 5.74) is 0.